The summed E-state index contributed by atoms with van der Waals surface area (Å²) in [5.41, 5.74) is -0.157. The Morgan fingerprint density at radius 1 is 1.37 bits per heavy atom. The Labute approximate surface area is 121 Å². The van der Waals surface area contributed by atoms with Crippen LogP contribution in [0, 0.1) is 11.3 Å². The summed E-state index contributed by atoms with van der Waals surface area (Å²) in [6, 6.07) is 0. The van der Waals surface area contributed by atoms with Gasteiger partial charge in [-0.05, 0) is 24.7 Å². The molecule has 4 nitrogen and oxygen atoms in total. The second-order valence-electron chi connectivity index (χ2n) is 6.29. The molecule has 1 heterocycles. The number of ether oxygens (including phenoxy) is 2. The van der Waals surface area contributed by atoms with Crippen molar-refractivity contribution in [2.75, 3.05) is 25.6 Å². The van der Waals surface area contributed by atoms with Gasteiger partial charge in [0.15, 0.2) is 0 Å². The molecule has 1 fully saturated rings. The fourth-order valence-electron chi connectivity index (χ4n) is 2.07. The van der Waals surface area contributed by atoms with Crippen LogP contribution in [0.4, 0.5) is 0 Å². The SMILES string of the molecule is CC(C)(C)C(COCC1CCCCO1)CS(=O)(=O)Cl. The molecule has 6 heteroatoms. The minimum absolute atomic E-state index is 0.0520. The molecule has 0 spiro atoms. The fraction of sp³-hybridized carbons (Fsp3) is 1.00. The first-order valence-corrected chi connectivity index (χ1v) is 9.28. The summed E-state index contributed by atoms with van der Waals surface area (Å²) >= 11 is 0. The Morgan fingerprint density at radius 3 is 2.53 bits per heavy atom. The minimum atomic E-state index is -3.50. The van der Waals surface area contributed by atoms with Gasteiger partial charge in [0.2, 0.25) is 9.05 Å². The molecule has 0 saturated carbocycles. The van der Waals surface area contributed by atoms with Crippen LogP contribution in [-0.2, 0) is 18.5 Å². The molecule has 0 N–H and O–H groups in total. The molecule has 2 unspecified atom stereocenters. The molecule has 1 aliphatic rings. The second kappa shape index (κ2) is 7.25. The number of hydrogen-bond acceptors (Lipinski definition) is 4. The maximum atomic E-state index is 11.2. The zero-order chi connectivity index (χ0) is 14.5. The Bertz CT molecular complexity index is 355. The van der Waals surface area contributed by atoms with Crippen molar-refractivity contribution < 1.29 is 17.9 Å². The fourth-order valence-corrected chi connectivity index (χ4v) is 3.60. The molecule has 0 bridgehead atoms. The lowest BCUT2D eigenvalue weighted by Gasteiger charge is -2.30. The predicted molar refractivity (Wildman–Crippen MR) is 77.0 cm³/mol. The third kappa shape index (κ3) is 7.49. The second-order valence-corrected chi connectivity index (χ2v) is 9.12. The zero-order valence-electron chi connectivity index (χ0n) is 12.0. The van der Waals surface area contributed by atoms with Crippen LogP contribution in [0.25, 0.3) is 0 Å². The van der Waals surface area contributed by atoms with Gasteiger partial charge in [-0.3, -0.25) is 0 Å². The highest BCUT2D eigenvalue weighted by atomic mass is 35.7. The van der Waals surface area contributed by atoms with Crippen LogP contribution in [0.3, 0.4) is 0 Å². The van der Waals surface area contributed by atoms with Crippen molar-refractivity contribution in [3.63, 3.8) is 0 Å². The first-order valence-electron chi connectivity index (χ1n) is 6.80. The van der Waals surface area contributed by atoms with Crippen molar-refractivity contribution in [2.24, 2.45) is 11.3 Å². The minimum Gasteiger partial charge on any atom is -0.378 e. The Hall–Kier alpha value is 0.160. The van der Waals surface area contributed by atoms with Gasteiger partial charge in [0, 0.05) is 23.2 Å². The quantitative estimate of drug-likeness (QED) is 0.708. The Morgan fingerprint density at radius 2 is 2.05 bits per heavy atom. The molecule has 1 rings (SSSR count). The van der Waals surface area contributed by atoms with Crippen molar-refractivity contribution in [3.8, 4) is 0 Å². The van der Waals surface area contributed by atoms with E-state index >= 15 is 0 Å². The van der Waals surface area contributed by atoms with E-state index in [2.05, 4.69) is 0 Å². The van der Waals surface area contributed by atoms with Crippen LogP contribution in [-0.4, -0.2) is 40.1 Å². The van der Waals surface area contributed by atoms with Gasteiger partial charge < -0.3 is 9.47 Å². The van der Waals surface area contributed by atoms with E-state index in [9.17, 15) is 8.42 Å². The van der Waals surface area contributed by atoms with Crippen molar-refractivity contribution in [1.82, 2.24) is 0 Å². The van der Waals surface area contributed by atoms with E-state index in [1.54, 1.807) is 0 Å². The molecule has 0 amide bonds. The van der Waals surface area contributed by atoms with E-state index in [1.165, 1.54) is 6.42 Å². The van der Waals surface area contributed by atoms with E-state index in [0.29, 0.717) is 13.2 Å². The highest BCUT2D eigenvalue weighted by Gasteiger charge is 2.29. The van der Waals surface area contributed by atoms with Gasteiger partial charge >= 0.3 is 0 Å². The molecular formula is C13H25ClO4S. The topological polar surface area (TPSA) is 52.6 Å². The summed E-state index contributed by atoms with van der Waals surface area (Å²) in [6.45, 7) is 7.73. The molecule has 114 valence electrons. The van der Waals surface area contributed by atoms with E-state index in [4.69, 9.17) is 20.2 Å². The van der Waals surface area contributed by atoms with Gasteiger partial charge in [-0.15, -0.1) is 0 Å². The lowest BCUT2D eigenvalue weighted by atomic mass is 9.82. The monoisotopic (exact) mass is 312 g/mol. The van der Waals surface area contributed by atoms with Crippen molar-refractivity contribution in [3.05, 3.63) is 0 Å². The average Bonchev–Trinajstić information content (AvgIpc) is 2.26. The summed E-state index contributed by atoms with van der Waals surface area (Å²) in [4.78, 5) is 0. The maximum absolute atomic E-state index is 11.2. The van der Waals surface area contributed by atoms with Gasteiger partial charge in [0.25, 0.3) is 0 Å². The number of rotatable bonds is 6. The first kappa shape index (κ1) is 17.2. The molecule has 19 heavy (non-hydrogen) atoms. The van der Waals surface area contributed by atoms with Crippen LogP contribution < -0.4 is 0 Å². The predicted octanol–water partition coefficient (Wildman–Crippen LogP) is 2.80. The lowest BCUT2D eigenvalue weighted by Crippen LogP contribution is -2.33. The van der Waals surface area contributed by atoms with Crippen LogP contribution in [0.1, 0.15) is 40.0 Å². The van der Waals surface area contributed by atoms with Crippen LogP contribution >= 0.6 is 10.7 Å². The highest BCUT2D eigenvalue weighted by molar-refractivity contribution is 8.13. The van der Waals surface area contributed by atoms with Crippen molar-refractivity contribution >= 4 is 19.7 Å². The number of halogens is 1. The molecular weight excluding hydrogens is 288 g/mol. The van der Waals surface area contributed by atoms with Crippen LogP contribution in [0.15, 0.2) is 0 Å². The number of hydrogen-bond donors (Lipinski definition) is 0. The van der Waals surface area contributed by atoms with E-state index in [0.717, 1.165) is 19.4 Å². The van der Waals surface area contributed by atoms with Crippen molar-refractivity contribution in [2.45, 2.75) is 46.1 Å². The Balaban J connectivity index is 2.40. The molecule has 0 aromatic rings. The molecule has 0 aromatic heterocycles. The Kier molecular flexibility index (Phi) is 6.57. The van der Waals surface area contributed by atoms with E-state index in [-0.39, 0.29) is 23.2 Å². The summed E-state index contributed by atoms with van der Waals surface area (Å²) in [6.07, 6.45) is 3.47. The molecule has 1 saturated heterocycles. The summed E-state index contributed by atoms with van der Waals surface area (Å²) in [7, 11) is 1.85. The summed E-state index contributed by atoms with van der Waals surface area (Å²) < 4.78 is 33.7. The van der Waals surface area contributed by atoms with Crippen molar-refractivity contribution in [1.29, 1.82) is 0 Å². The van der Waals surface area contributed by atoms with Gasteiger partial charge in [0.1, 0.15) is 0 Å². The summed E-state index contributed by atoms with van der Waals surface area (Å²) in [5, 5.41) is 0. The van der Waals surface area contributed by atoms with E-state index in [1.807, 2.05) is 20.8 Å². The van der Waals surface area contributed by atoms with Gasteiger partial charge in [-0.2, -0.15) is 0 Å². The standard InChI is InChI=1S/C13H25ClO4S/c1-13(2,3)11(10-19(14,15)16)8-17-9-12-6-4-5-7-18-12/h11-12H,4-10H2,1-3H3. The largest absolute Gasteiger partial charge is 0.378 e. The van der Waals surface area contributed by atoms with E-state index < -0.39 is 9.05 Å². The molecule has 0 aromatic carbocycles. The van der Waals surface area contributed by atoms with Crippen LogP contribution in [0.5, 0.6) is 0 Å². The highest BCUT2D eigenvalue weighted by Crippen LogP contribution is 2.28. The van der Waals surface area contributed by atoms with Crippen LogP contribution in [0.2, 0.25) is 0 Å². The van der Waals surface area contributed by atoms with Gasteiger partial charge in [0.05, 0.1) is 25.1 Å². The van der Waals surface area contributed by atoms with Gasteiger partial charge in [-0.1, -0.05) is 20.8 Å². The average molecular weight is 313 g/mol. The molecule has 1 aliphatic heterocycles. The third-order valence-electron chi connectivity index (χ3n) is 3.52. The molecule has 0 aliphatic carbocycles. The molecule has 2 atom stereocenters. The maximum Gasteiger partial charge on any atom is 0.232 e. The smallest absolute Gasteiger partial charge is 0.232 e. The molecule has 0 radical (unpaired) electrons. The third-order valence-corrected chi connectivity index (χ3v) is 4.70. The lowest BCUT2D eigenvalue weighted by molar-refractivity contribution is -0.0519. The zero-order valence-corrected chi connectivity index (χ0v) is 13.6. The summed E-state index contributed by atoms with van der Waals surface area (Å²) in [5.74, 6) is -0.164. The van der Waals surface area contributed by atoms with Gasteiger partial charge in [-0.25, -0.2) is 8.42 Å². The first-order chi connectivity index (χ1) is 8.68. The normalized spacial score (nSPS) is 23.3.